The van der Waals surface area contributed by atoms with Gasteiger partial charge in [0.2, 0.25) is 0 Å². The Morgan fingerprint density at radius 1 is 1.47 bits per heavy atom. The van der Waals surface area contributed by atoms with Crippen molar-refractivity contribution in [1.82, 2.24) is 0 Å². The summed E-state index contributed by atoms with van der Waals surface area (Å²) in [5.74, 6) is 0.518. The highest BCUT2D eigenvalue weighted by Gasteiger charge is 2.19. The molecular weight excluding hydrogens is 240 g/mol. The molecule has 2 unspecified atom stereocenters. The van der Waals surface area contributed by atoms with Crippen LogP contribution in [-0.2, 0) is 0 Å². The fourth-order valence-corrected chi connectivity index (χ4v) is 1.47. The van der Waals surface area contributed by atoms with Gasteiger partial charge < -0.3 is 14.9 Å². The second-order valence-electron chi connectivity index (χ2n) is 4.51. The fraction of sp³-hybridized carbons (Fsp3) is 0.538. The van der Waals surface area contributed by atoms with Crippen molar-refractivity contribution in [3.8, 4) is 5.75 Å². The standard InChI is InChI=1S/C13H19ClO3/c1-4-13(3,16)8-17-12-6-5-10(9(2)15)7-11(12)14/h5-7,9,15-16H,4,8H2,1-3H3. The lowest BCUT2D eigenvalue weighted by Crippen LogP contribution is -2.31. The Kier molecular flexibility index (Phi) is 4.80. The summed E-state index contributed by atoms with van der Waals surface area (Å²) in [4.78, 5) is 0. The van der Waals surface area contributed by atoms with Crippen molar-refractivity contribution in [2.24, 2.45) is 0 Å². The Balaban J connectivity index is 2.73. The van der Waals surface area contributed by atoms with Crippen LogP contribution in [0.3, 0.4) is 0 Å². The molecule has 0 saturated carbocycles. The monoisotopic (exact) mass is 258 g/mol. The first kappa shape index (κ1) is 14.3. The normalized spacial score (nSPS) is 16.4. The lowest BCUT2D eigenvalue weighted by atomic mass is 10.1. The molecule has 3 nitrogen and oxygen atoms in total. The molecule has 0 spiro atoms. The van der Waals surface area contributed by atoms with E-state index in [9.17, 15) is 10.2 Å². The molecule has 0 heterocycles. The number of aliphatic hydroxyl groups is 2. The van der Waals surface area contributed by atoms with Gasteiger partial charge >= 0.3 is 0 Å². The molecule has 0 aromatic heterocycles. The van der Waals surface area contributed by atoms with Crippen LogP contribution in [0.1, 0.15) is 38.9 Å². The summed E-state index contributed by atoms with van der Waals surface area (Å²) in [7, 11) is 0. The molecule has 0 aliphatic carbocycles. The highest BCUT2D eigenvalue weighted by atomic mass is 35.5. The van der Waals surface area contributed by atoms with Crippen molar-refractivity contribution in [2.75, 3.05) is 6.61 Å². The number of halogens is 1. The molecule has 17 heavy (non-hydrogen) atoms. The molecule has 96 valence electrons. The van der Waals surface area contributed by atoms with Gasteiger partial charge in [-0.3, -0.25) is 0 Å². The highest BCUT2D eigenvalue weighted by Crippen LogP contribution is 2.28. The Labute approximate surface area is 107 Å². The van der Waals surface area contributed by atoms with Crippen LogP contribution in [0.25, 0.3) is 0 Å². The summed E-state index contributed by atoms with van der Waals surface area (Å²) < 4.78 is 5.46. The molecule has 2 atom stereocenters. The van der Waals surface area contributed by atoms with Crippen LogP contribution in [0, 0.1) is 0 Å². The van der Waals surface area contributed by atoms with Crippen molar-refractivity contribution in [2.45, 2.75) is 38.9 Å². The lowest BCUT2D eigenvalue weighted by Gasteiger charge is -2.22. The number of hydrogen-bond donors (Lipinski definition) is 2. The van der Waals surface area contributed by atoms with E-state index in [1.165, 1.54) is 0 Å². The zero-order valence-electron chi connectivity index (χ0n) is 10.4. The lowest BCUT2D eigenvalue weighted by molar-refractivity contribution is 0.00848. The number of rotatable bonds is 5. The molecule has 1 rings (SSSR count). The fourth-order valence-electron chi connectivity index (χ4n) is 1.23. The van der Waals surface area contributed by atoms with E-state index < -0.39 is 11.7 Å². The molecule has 0 bridgehead atoms. The third kappa shape index (κ3) is 4.19. The summed E-state index contributed by atoms with van der Waals surface area (Å²) in [5, 5.41) is 19.6. The van der Waals surface area contributed by atoms with Crippen LogP contribution in [0.15, 0.2) is 18.2 Å². The van der Waals surface area contributed by atoms with Crippen molar-refractivity contribution in [3.63, 3.8) is 0 Å². The van der Waals surface area contributed by atoms with Gasteiger partial charge in [-0.2, -0.15) is 0 Å². The van der Waals surface area contributed by atoms with E-state index >= 15 is 0 Å². The Hall–Kier alpha value is -0.770. The smallest absolute Gasteiger partial charge is 0.138 e. The first-order valence-electron chi connectivity index (χ1n) is 5.68. The zero-order chi connectivity index (χ0) is 13.1. The summed E-state index contributed by atoms with van der Waals surface area (Å²) in [6.45, 7) is 5.47. The van der Waals surface area contributed by atoms with Gasteiger partial charge in [0.1, 0.15) is 12.4 Å². The van der Waals surface area contributed by atoms with Crippen molar-refractivity contribution in [1.29, 1.82) is 0 Å². The minimum Gasteiger partial charge on any atom is -0.489 e. The quantitative estimate of drug-likeness (QED) is 0.854. The van der Waals surface area contributed by atoms with Crippen LogP contribution < -0.4 is 4.74 Å². The van der Waals surface area contributed by atoms with Crippen LogP contribution >= 0.6 is 11.6 Å². The van der Waals surface area contributed by atoms with E-state index in [1.807, 2.05) is 6.92 Å². The van der Waals surface area contributed by atoms with Crippen LogP contribution in [-0.4, -0.2) is 22.4 Å². The minimum absolute atomic E-state index is 0.192. The van der Waals surface area contributed by atoms with Crippen molar-refractivity contribution < 1.29 is 14.9 Å². The van der Waals surface area contributed by atoms with Crippen LogP contribution in [0.5, 0.6) is 5.75 Å². The van der Waals surface area contributed by atoms with E-state index in [1.54, 1.807) is 32.0 Å². The van der Waals surface area contributed by atoms with Gasteiger partial charge in [-0.1, -0.05) is 24.6 Å². The van der Waals surface area contributed by atoms with E-state index in [-0.39, 0.29) is 6.61 Å². The molecule has 2 N–H and O–H groups in total. The molecule has 0 aliphatic rings. The summed E-state index contributed by atoms with van der Waals surface area (Å²) in [6.07, 6.45) is 0.0522. The molecule has 1 aromatic rings. The maximum Gasteiger partial charge on any atom is 0.138 e. The minimum atomic E-state index is -0.855. The van der Waals surface area contributed by atoms with E-state index in [2.05, 4.69) is 0 Å². The van der Waals surface area contributed by atoms with Gasteiger partial charge in [0.15, 0.2) is 0 Å². The average Bonchev–Trinajstić information content (AvgIpc) is 2.27. The number of hydrogen-bond acceptors (Lipinski definition) is 3. The topological polar surface area (TPSA) is 49.7 Å². The third-order valence-electron chi connectivity index (χ3n) is 2.74. The second kappa shape index (κ2) is 5.71. The third-order valence-corrected chi connectivity index (χ3v) is 3.03. The first-order valence-corrected chi connectivity index (χ1v) is 6.06. The molecular formula is C13H19ClO3. The predicted octanol–water partition coefficient (Wildman–Crippen LogP) is 2.93. The molecule has 0 aliphatic heterocycles. The number of aliphatic hydroxyl groups excluding tert-OH is 1. The average molecular weight is 259 g/mol. The van der Waals surface area contributed by atoms with E-state index in [0.29, 0.717) is 17.2 Å². The van der Waals surface area contributed by atoms with Crippen molar-refractivity contribution >= 4 is 11.6 Å². The second-order valence-corrected chi connectivity index (χ2v) is 4.91. The zero-order valence-corrected chi connectivity index (χ0v) is 11.2. The first-order chi connectivity index (χ1) is 7.85. The predicted molar refractivity (Wildman–Crippen MR) is 68.5 cm³/mol. The van der Waals surface area contributed by atoms with Crippen LogP contribution in [0.4, 0.5) is 0 Å². The largest absolute Gasteiger partial charge is 0.489 e. The molecule has 0 fully saturated rings. The van der Waals surface area contributed by atoms with Gasteiger partial charge in [-0.15, -0.1) is 0 Å². The summed E-state index contributed by atoms with van der Waals surface area (Å²) in [5.41, 5.74) is -0.115. The van der Waals surface area contributed by atoms with Gasteiger partial charge in [-0.25, -0.2) is 0 Å². The van der Waals surface area contributed by atoms with E-state index in [0.717, 1.165) is 5.56 Å². The number of benzene rings is 1. The highest BCUT2D eigenvalue weighted by molar-refractivity contribution is 6.32. The Morgan fingerprint density at radius 3 is 2.59 bits per heavy atom. The molecule has 4 heteroatoms. The van der Waals surface area contributed by atoms with Crippen LogP contribution in [0.2, 0.25) is 5.02 Å². The maximum absolute atomic E-state index is 9.81. The van der Waals surface area contributed by atoms with Gasteiger partial charge in [0.05, 0.1) is 16.7 Å². The Morgan fingerprint density at radius 2 is 2.12 bits per heavy atom. The molecule has 1 aromatic carbocycles. The Bertz CT molecular complexity index is 375. The molecule has 0 amide bonds. The summed E-state index contributed by atoms with van der Waals surface area (Å²) >= 11 is 6.03. The molecule has 0 saturated heterocycles. The van der Waals surface area contributed by atoms with Gasteiger partial charge in [0.25, 0.3) is 0 Å². The SMILES string of the molecule is CCC(C)(O)COc1ccc(C(C)O)cc1Cl. The van der Waals surface area contributed by atoms with Gasteiger partial charge in [-0.05, 0) is 38.0 Å². The van der Waals surface area contributed by atoms with Crippen molar-refractivity contribution in [3.05, 3.63) is 28.8 Å². The molecule has 0 radical (unpaired) electrons. The van der Waals surface area contributed by atoms with Gasteiger partial charge in [0, 0.05) is 0 Å². The maximum atomic E-state index is 9.81. The number of ether oxygens (including phenoxy) is 1. The van der Waals surface area contributed by atoms with E-state index in [4.69, 9.17) is 16.3 Å². The summed E-state index contributed by atoms with van der Waals surface area (Å²) in [6, 6.07) is 5.13.